The maximum Gasteiger partial charge on any atom is 0.262 e. The maximum absolute atomic E-state index is 12.8. The molecule has 28 heavy (non-hydrogen) atoms. The Morgan fingerprint density at radius 2 is 1.82 bits per heavy atom. The SMILES string of the molecule is COc1ccc(S(=O)(=O)Nc2cc(C)c3nc(NC(C)=O)sc3c2)cc1OC. The largest absolute Gasteiger partial charge is 0.493 e. The Hall–Kier alpha value is -2.85. The molecule has 0 spiro atoms. The van der Waals surface area contributed by atoms with E-state index in [0.29, 0.717) is 27.8 Å². The first kappa shape index (κ1) is 19.9. The van der Waals surface area contributed by atoms with Gasteiger partial charge in [-0.1, -0.05) is 11.3 Å². The molecule has 1 amide bonds. The number of sulfonamides is 1. The molecule has 0 saturated heterocycles. The molecule has 0 aliphatic heterocycles. The van der Waals surface area contributed by atoms with E-state index in [0.717, 1.165) is 10.3 Å². The number of anilines is 2. The fourth-order valence-electron chi connectivity index (χ4n) is 2.66. The lowest BCUT2D eigenvalue weighted by molar-refractivity contribution is -0.114. The second kappa shape index (κ2) is 7.64. The number of aryl methyl sites for hydroxylation is 1. The van der Waals surface area contributed by atoms with Crippen LogP contribution in [-0.4, -0.2) is 33.5 Å². The van der Waals surface area contributed by atoms with Gasteiger partial charge in [0.25, 0.3) is 10.0 Å². The Morgan fingerprint density at radius 1 is 1.11 bits per heavy atom. The smallest absolute Gasteiger partial charge is 0.262 e. The van der Waals surface area contributed by atoms with Gasteiger partial charge >= 0.3 is 0 Å². The summed E-state index contributed by atoms with van der Waals surface area (Å²) in [5.41, 5.74) is 1.90. The second-order valence-electron chi connectivity index (χ2n) is 5.96. The molecule has 0 aliphatic carbocycles. The normalized spacial score (nSPS) is 11.3. The summed E-state index contributed by atoms with van der Waals surface area (Å²) in [5.74, 6) is 0.541. The van der Waals surface area contributed by atoms with Gasteiger partial charge in [-0.15, -0.1) is 0 Å². The summed E-state index contributed by atoms with van der Waals surface area (Å²) >= 11 is 1.27. The van der Waals surface area contributed by atoms with Crippen molar-refractivity contribution in [3.05, 3.63) is 35.9 Å². The summed E-state index contributed by atoms with van der Waals surface area (Å²) in [6, 6.07) is 7.75. The molecule has 2 aromatic carbocycles. The number of aromatic nitrogens is 1. The lowest BCUT2D eigenvalue weighted by Crippen LogP contribution is -2.13. The van der Waals surface area contributed by atoms with Crippen LogP contribution >= 0.6 is 11.3 Å². The average molecular weight is 422 g/mol. The minimum absolute atomic E-state index is 0.0474. The van der Waals surface area contributed by atoms with Crippen LogP contribution in [0.2, 0.25) is 0 Å². The van der Waals surface area contributed by atoms with Gasteiger partial charge in [0, 0.05) is 13.0 Å². The highest BCUT2D eigenvalue weighted by Crippen LogP contribution is 2.33. The van der Waals surface area contributed by atoms with Crippen LogP contribution in [0.1, 0.15) is 12.5 Å². The molecule has 148 valence electrons. The van der Waals surface area contributed by atoms with Gasteiger partial charge in [0.05, 0.1) is 35.0 Å². The number of methoxy groups -OCH3 is 2. The number of hydrogen-bond acceptors (Lipinski definition) is 7. The first-order valence-electron chi connectivity index (χ1n) is 8.17. The van der Waals surface area contributed by atoms with Crippen molar-refractivity contribution in [3.8, 4) is 11.5 Å². The van der Waals surface area contributed by atoms with Crippen LogP contribution in [0.15, 0.2) is 35.2 Å². The van der Waals surface area contributed by atoms with Crippen LogP contribution in [0.4, 0.5) is 10.8 Å². The number of rotatable bonds is 6. The van der Waals surface area contributed by atoms with Gasteiger partial charge in [0.2, 0.25) is 5.91 Å². The number of thiazole rings is 1. The van der Waals surface area contributed by atoms with Crippen LogP contribution < -0.4 is 19.5 Å². The van der Waals surface area contributed by atoms with E-state index < -0.39 is 10.0 Å². The number of nitrogens with zero attached hydrogens (tertiary/aromatic N) is 1. The fourth-order valence-corrected chi connectivity index (χ4v) is 4.74. The number of carbonyl (C=O) groups excluding carboxylic acids is 1. The number of ether oxygens (including phenoxy) is 2. The zero-order chi connectivity index (χ0) is 20.5. The monoisotopic (exact) mass is 421 g/mol. The van der Waals surface area contributed by atoms with Gasteiger partial charge in [-0.05, 0) is 36.8 Å². The molecule has 10 heteroatoms. The summed E-state index contributed by atoms with van der Waals surface area (Å²) < 4.78 is 39.2. The third kappa shape index (κ3) is 4.02. The standard InChI is InChI=1S/C18H19N3O5S2/c1-10-7-12(8-16-17(10)20-18(27-16)19-11(2)22)21-28(23,24)13-5-6-14(25-3)15(9-13)26-4/h5-9,21H,1-4H3,(H,19,20,22). The van der Waals surface area contributed by atoms with Crippen molar-refractivity contribution in [2.45, 2.75) is 18.7 Å². The van der Waals surface area contributed by atoms with Crippen LogP contribution in [0.25, 0.3) is 10.2 Å². The van der Waals surface area contributed by atoms with Crippen molar-refractivity contribution < 1.29 is 22.7 Å². The van der Waals surface area contributed by atoms with Crippen LogP contribution in [0.3, 0.4) is 0 Å². The molecule has 0 unspecified atom stereocenters. The molecular weight excluding hydrogens is 402 g/mol. The Balaban J connectivity index is 1.95. The molecular formula is C18H19N3O5S2. The summed E-state index contributed by atoms with van der Waals surface area (Å²) in [6.07, 6.45) is 0. The van der Waals surface area contributed by atoms with Gasteiger partial charge < -0.3 is 14.8 Å². The van der Waals surface area contributed by atoms with E-state index in [9.17, 15) is 13.2 Å². The zero-order valence-electron chi connectivity index (χ0n) is 15.7. The van der Waals surface area contributed by atoms with Crippen molar-refractivity contribution in [2.75, 3.05) is 24.3 Å². The molecule has 8 nitrogen and oxygen atoms in total. The Kier molecular flexibility index (Phi) is 5.43. The van der Waals surface area contributed by atoms with Crippen molar-refractivity contribution in [1.82, 2.24) is 4.98 Å². The second-order valence-corrected chi connectivity index (χ2v) is 8.68. The van der Waals surface area contributed by atoms with Crippen LogP contribution in [0, 0.1) is 6.92 Å². The molecule has 1 heterocycles. The van der Waals surface area contributed by atoms with E-state index in [1.165, 1.54) is 50.7 Å². The van der Waals surface area contributed by atoms with Crippen molar-refractivity contribution in [2.24, 2.45) is 0 Å². The molecule has 0 fully saturated rings. The van der Waals surface area contributed by atoms with Crippen molar-refractivity contribution in [3.63, 3.8) is 0 Å². The predicted octanol–water partition coefficient (Wildman–Crippen LogP) is 3.38. The Labute approximate surface area is 166 Å². The first-order chi connectivity index (χ1) is 13.2. The van der Waals surface area contributed by atoms with Gasteiger partial charge in [0.15, 0.2) is 16.6 Å². The van der Waals surface area contributed by atoms with Crippen molar-refractivity contribution in [1.29, 1.82) is 0 Å². The number of fused-ring (bicyclic) bond motifs is 1. The van der Waals surface area contributed by atoms with E-state index in [2.05, 4.69) is 15.0 Å². The summed E-state index contributed by atoms with van der Waals surface area (Å²) in [7, 11) is -0.921. The minimum Gasteiger partial charge on any atom is -0.493 e. The molecule has 0 bridgehead atoms. The predicted molar refractivity (Wildman–Crippen MR) is 109 cm³/mol. The number of hydrogen-bond donors (Lipinski definition) is 2. The summed E-state index contributed by atoms with van der Waals surface area (Å²) in [5, 5.41) is 3.11. The van der Waals surface area contributed by atoms with Gasteiger partial charge in [-0.2, -0.15) is 0 Å². The van der Waals surface area contributed by atoms with E-state index in [4.69, 9.17) is 9.47 Å². The fraction of sp³-hybridized carbons (Fsp3) is 0.222. The molecule has 3 rings (SSSR count). The van der Waals surface area contributed by atoms with E-state index in [1.807, 2.05) is 6.92 Å². The van der Waals surface area contributed by atoms with E-state index >= 15 is 0 Å². The average Bonchev–Trinajstić information content (AvgIpc) is 3.02. The van der Waals surface area contributed by atoms with E-state index in [1.54, 1.807) is 12.1 Å². The quantitative estimate of drug-likeness (QED) is 0.632. The third-order valence-electron chi connectivity index (χ3n) is 3.89. The minimum atomic E-state index is -3.84. The first-order valence-corrected chi connectivity index (χ1v) is 10.5. The summed E-state index contributed by atoms with van der Waals surface area (Å²) in [6.45, 7) is 3.23. The Morgan fingerprint density at radius 3 is 2.46 bits per heavy atom. The lowest BCUT2D eigenvalue weighted by Gasteiger charge is -2.12. The highest BCUT2D eigenvalue weighted by molar-refractivity contribution is 7.92. The number of nitrogens with one attached hydrogen (secondary N) is 2. The number of carbonyl (C=O) groups is 1. The molecule has 0 aliphatic rings. The molecule has 0 atom stereocenters. The summed E-state index contributed by atoms with van der Waals surface area (Å²) in [4.78, 5) is 15.6. The van der Waals surface area contributed by atoms with E-state index in [-0.39, 0.29) is 10.8 Å². The lowest BCUT2D eigenvalue weighted by atomic mass is 10.2. The number of amides is 1. The Bertz CT molecular complexity index is 1160. The third-order valence-corrected chi connectivity index (χ3v) is 6.18. The molecule has 3 aromatic rings. The highest BCUT2D eigenvalue weighted by atomic mass is 32.2. The highest BCUT2D eigenvalue weighted by Gasteiger charge is 2.18. The maximum atomic E-state index is 12.8. The topological polar surface area (TPSA) is 107 Å². The van der Waals surface area contributed by atoms with Gasteiger partial charge in [0.1, 0.15) is 0 Å². The molecule has 2 N–H and O–H groups in total. The van der Waals surface area contributed by atoms with Crippen LogP contribution in [0.5, 0.6) is 11.5 Å². The van der Waals surface area contributed by atoms with Gasteiger partial charge in [-0.3, -0.25) is 9.52 Å². The molecule has 1 aromatic heterocycles. The molecule has 0 radical (unpaired) electrons. The van der Waals surface area contributed by atoms with Gasteiger partial charge in [-0.25, -0.2) is 13.4 Å². The van der Waals surface area contributed by atoms with Crippen molar-refractivity contribution >= 4 is 48.3 Å². The number of benzene rings is 2. The zero-order valence-corrected chi connectivity index (χ0v) is 17.3. The van der Waals surface area contributed by atoms with Crippen LogP contribution in [-0.2, 0) is 14.8 Å². The molecule has 0 saturated carbocycles.